The van der Waals surface area contributed by atoms with E-state index in [2.05, 4.69) is 30.8 Å². The van der Waals surface area contributed by atoms with Crippen LogP contribution in [0, 0.1) is 5.92 Å². The summed E-state index contributed by atoms with van der Waals surface area (Å²) in [5, 5.41) is 0. The smallest absolute Gasteiger partial charge is 0.228 e. The van der Waals surface area contributed by atoms with Gasteiger partial charge in [0.25, 0.3) is 0 Å². The molecule has 4 nitrogen and oxygen atoms in total. The van der Waals surface area contributed by atoms with E-state index in [1.54, 1.807) is 6.07 Å². The highest BCUT2D eigenvalue weighted by Gasteiger charge is 2.34. The molecule has 0 radical (unpaired) electrons. The molecule has 1 aliphatic carbocycles. The maximum atomic E-state index is 5.83. The fraction of sp³-hybridized carbons (Fsp3) is 0.692. The average molecular weight is 311 g/mol. The largest absolute Gasteiger partial charge is 0.383 e. The summed E-state index contributed by atoms with van der Waals surface area (Å²) in [6, 6.07) is 2.38. The van der Waals surface area contributed by atoms with Crippen LogP contribution in [0.25, 0.3) is 0 Å². The van der Waals surface area contributed by atoms with E-state index in [1.165, 1.54) is 38.5 Å². The van der Waals surface area contributed by atoms with Gasteiger partial charge in [-0.05, 0) is 47.5 Å². The lowest BCUT2D eigenvalue weighted by molar-refractivity contribution is 0.241. The molecule has 0 aromatic carbocycles. The predicted molar refractivity (Wildman–Crippen MR) is 76.5 cm³/mol. The van der Waals surface area contributed by atoms with Gasteiger partial charge < -0.3 is 10.6 Å². The third kappa shape index (κ3) is 2.32. The molecule has 1 aliphatic heterocycles. The van der Waals surface area contributed by atoms with Gasteiger partial charge in [-0.2, -0.15) is 4.98 Å². The lowest BCUT2D eigenvalue weighted by Gasteiger charge is -2.44. The maximum absolute atomic E-state index is 5.83. The number of aromatic nitrogens is 2. The molecule has 18 heavy (non-hydrogen) atoms. The standard InChI is InChI=1S/C13H19BrN4/c14-11-8-12(15)17-13(16-11)18-7-3-5-9-4-1-2-6-10(9)18/h8-10H,1-7H2,(H2,15,16,17). The Labute approximate surface area is 116 Å². The molecule has 1 aromatic rings. The van der Waals surface area contributed by atoms with Gasteiger partial charge in [-0.1, -0.05) is 12.8 Å². The highest BCUT2D eigenvalue weighted by atomic mass is 79.9. The summed E-state index contributed by atoms with van der Waals surface area (Å²) < 4.78 is 0.780. The molecule has 2 atom stereocenters. The van der Waals surface area contributed by atoms with Crippen LogP contribution in [0.2, 0.25) is 0 Å². The van der Waals surface area contributed by atoms with E-state index in [0.29, 0.717) is 11.9 Å². The van der Waals surface area contributed by atoms with Gasteiger partial charge in [0.1, 0.15) is 10.4 Å². The number of piperidine rings is 1. The maximum Gasteiger partial charge on any atom is 0.228 e. The average Bonchev–Trinajstić information content (AvgIpc) is 2.37. The number of anilines is 2. The van der Waals surface area contributed by atoms with Crippen LogP contribution in [0.15, 0.2) is 10.7 Å². The minimum absolute atomic E-state index is 0.546. The molecule has 1 aromatic heterocycles. The number of nitrogens with zero attached hydrogens (tertiary/aromatic N) is 3. The van der Waals surface area contributed by atoms with E-state index >= 15 is 0 Å². The summed E-state index contributed by atoms with van der Waals surface area (Å²) in [6.45, 7) is 1.07. The first-order valence-corrected chi connectivity index (χ1v) is 7.60. The Morgan fingerprint density at radius 3 is 2.78 bits per heavy atom. The molecule has 2 aliphatic rings. The van der Waals surface area contributed by atoms with Crippen LogP contribution >= 0.6 is 15.9 Å². The van der Waals surface area contributed by atoms with E-state index < -0.39 is 0 Å². The Bertz CT molecular complexity index is 415. The van der Waals surface area contributed by atoms with Crippen molar-refractivity contribution in [1.82, 2.24) is 9.97 Å². The van der Waals surface area contributed by atoms with Crippen molar-refractivity contribution in [2.75, 3.05) is 17.2 Å². The van der Waals surface area contributed by atoms with Crippen LogP contribution in [0.5, 0.6) is 0 Å². The summed E-state index contributed by atoms with van der Waals surface area (Å²) in [6.07, 6.45) is 7.98. The summed E-state index contributed by atoms with van der Waals surface area (Å²) >= 11 is 3.41. The predicted octanol–water partition coefficient (Wildman–Crippen LogP) is 2.98. The summed E-state index contributed by atoms with van der Waals surface area (Å²) in [4.78, 5) is 11.3. The third-order valence-electron chi connectivity index (χ3n) is 4.20. The SMILES string of the molecule is Nc1cc(Br)nc(N2CCCC3CCCCC32)n1. The summed E-state index contributed by atoms with van der Waals surface area (Å²) in [5.41, 5.74) is 5.83. The third-order valence-corrected chi connectivity index (χ3v) is 4.61. The number of nitrogen functional groups attached to an aromatic ring is 1. The number of nitrogens with two attached hydrogens (primary N) is 1. The lowest BCUT2D eigenvalue weighted by atomic mass is 9.78. The molecule has 98 valence electrons. The van der Waals surface area contributed by atoms with Gasteiger partial charge in [0.15, 0.2) is 0 Å². The Balaban J connectivity index is 1.89. The van der Waals surface area contributed by atoms with Crippen LogP contribution in [0.3, 0.4) is 0 Å². The zero-order valence-electron chi connectivity index (χ0n) is 10.5. The van der Waals surface area contributed by atoms with Gasteiger partial charge in [-0.25, -0.2) is 4.98 Å². The zero-order valence-corrected chi connectivity index (χ0v) is 12.1. The van der Waals surface area contributed by atoms with Crippen molar-refractivity contribution < 1.29 is 0 Å². The molecule has 0 spiro atoms. The molecule has 1 saturated heterocycles. The van der Waals surface area contributed by atoms with E-state index in [-0.39, 0.29) is 0 Å². The van der Waals surface area contributed by atoms with E-state index in [0.717, 1.165) is 23.0 Å². The molecule has 2 unspecified atom stereocenters. The van der Waals surface area contributed by atoms with Gasteiger partial charge in [-0.15, -0.1) is 0 Å². The van der Waals surface area contributed by atoms with Crippen LogP contribution in [0.1, 0.15) is 38.5 Å². The number of halogens is 1. The Kier molecular flexibility index (Phi) is 3.41. The molecule has 2 heterocycles. The van der Waals surface area contributed by atoms with Crippen LogP contribution < -0.4 is 10.6 Å². The second kappa shape index (κ2) is 5.03. The molecule has 0 bridgehead atoms. The second-order valence-electron chi connectivity index (χ2n) is 5.36. The van der Waals surface area contributed by atoms with Crippen molar-refractivity contribution in [3.05, 3.63) is 10.7 Å². The minimum atomic E-state index is 0.546. The lowest BCUT2D eigenvalue weighted by Crippen LogP contribution is -2.47. The van der Waals surface area contributed by atoms with Crippen molar-refractivity contribution in [3.63, 3.8) is 0 Å². The van der Waals surface area contributed by atoms with Gasteiger partial charge in [0.05, 0.1) is 0 Å². The van der Waals surface area contributed by atoms with Crippen molar-refractivity contribution >= 4 is 27.7 Å². The van der Waals surface area contributed by atoms with E-state index in [1.807, 2.05) is 0 Å². The topological polar surface area (TPSA) is 55.0 Å². The zero-order chi connectivity index (χ0) is 12.5. The molecule has 1 saturated carbocycles. The molecular formula is C13H19BrN4. The van der Waals surface area contributed by atoms with Crippen molar-refractivity contribution in [3.8, 4) is 0 Å². The van der Waals surface area contributed by atoms with E-state index in [4.69, 9.17) is 5.73 Å². The number of fused-ring (bicyclic) bond motifs is 1. The van der Waals surface area contributed by atoms with Crippen LogP contribution in [-0.4, -0.2) is 22.6 Å². The molecule has 3 rings (SSSR count). The highest BCUT2D eigenvalue weighted by Crippen LogP contribution is 2.37. The van der Waals surface area contributed by atoms with Gasteiger partial charge in [-0.3, -0.25) is 0 Å². The van der Waals surface area contributed by atoms with Crippen molar-refractivity contribution in [1.29, 1.82) is 0 Å². The molecular weight excluding hydrogens is 292 g/mol. The van der Waals surface area contributed by atoms with Crippen LogP contribution in [-0.2, 0) is 0 Å². The van der Waals surface area contributed by atoms with Crippen LogP contribution in [0.4, 0.5) is 11.8 Å². The molecule has 2 fully saturated rings. The van der Waals surface area contributed by atoms with Crippen molar-refractivity contribution in [2.45, 2.75) is 44.6 Å². The molecule has 5 heteroatoms. The van der Waals surface area contributed by atoms with Gasteiger partial charge in [0.2, 0.25) is 5.95 Å². The Morgan fingerprint density at radius 1 is 1.17 bits per heavy atom. The second-order valence-corrected chi connectivity index (χ2v) is 6.18. The van der Waals surface area contributed by atoms with E-state index in [9.17, 15) is 0 Å². The van der Waals surface area contributed by atoms with Gasteiger partial charge in [0, 0.05) is 18.7 Å². The number of rotatable bonds is 1. The van der Waals surface area contributed by atoms with Crippen molar-refractivity contribution in [2.24, 2.45) is 5.92 Å². The fourth-order valence-corrected chi connectivity index (χ4v) is 3.82. The summed E-state index contributed by atoms with van der Waals surface area (Å²) in [5.74, 6) is 2.18. The minimum Gasteiger partial charge on any atom is -0.383 e. The summed E-state index contributed by atoms with van der Waals surface area (Å²) in [7, 11) is 0. The molecule has 2 N–H and O–H groups in total. The number of hydrogen-bond donors (Lipinski definition) is 1. The first-order valence-electron chi connectivity index (χ1n) is 6.81. The first kappa shape index (κ1) is 12.2. The Morgan fingerprint density at radius 2 is 1.94 bits per heavy atom. The number of hydrogen-bond acceptors (Lipinski definition) is 4. The molecule has 0 amide bonds. The Hall–Kier alpha value is -0.840. The highest BCUT2D eigenvalue weighted by molar-refractivity contribution is 9.10. The first-order chi connectivity index (χ1) is 8.74. The quantitative estimate of drug-likeness (QED) is 0.810. The fourth-order valence-electron chi connectivity index (χ4n) is 3.42. The monoisotopic (exact) mass is 310 g/mol. The van der Waals surface area contributed by atoms with Gasteiger partial charge >= 0.3 is 0 Å². The normalized spacial score (nSPS) is 27.9.